The second-order valence-corrected chi connectivity index (χ2v) is 2.38. The second-order valence-electron chi connectivity index (χ2n) is 2.02. The van der Waals surface area contributed by atoms with Crippen molar-refractivity contribution in [2.45, 2.75) is 0 Å². The van der Waals surface area contributed by atoms with Crippen molar-refractivity contribution >= 4 is 17.1 Å². The van der Waals surface area contributed by atoms with Gasteiger partial charge in [-0.1, -0.05) is 11.6 Å². The van der Waals surface area contributed by atoms with Crippen LogP contribution in [-0.4, -0.2) is 9.38 Å². The van der Waals surface area contributed by atoms with E-state index in [0.29, 0.717) is 5.15 Å². The molecule has 2 heterocycles. The third kappa shape index (κ3) is 0.693. The zero-order valence-corrected chi connectivity index (χ0v) is 5.92. The summed E-state index contributed by atoms with van der Waals surface area (Å²) >= 11 is 5.77. The van der Waals surface area contributed by atoms with Crippen LogP contribution in [-0.2, 0) is 0 Å². The van der Waals surface area contributed by atoms with Crippen molar-refractivity contribution in [1.29, 1.82) is 0 Å². The molecule has 0 atom stereocenters. The zero-order chi connectivity index (χ0) is 6.97. The lowest BCUT2D eigenvalue weighted by atomic mass is 10.5. The minimum atomic E-state index is 0.549. The van der Waals surface area contributed by atoms with Crippen molar-refractivity contribution in [3.05, 3.63) is 35.9 Å². The van der Waals surface area contributed by atoms with E-state index in [0.717, 1.165) is 5.52 Å². The van der Waals surface area contributed by atoms with Crippen LogP contribution in [0.3, 0.4) is 0 Å². The van der Waals surface area contributed by atoms with Crippen molar-refractivity contribution in [2.75, 3.05) is 0 Å². The van der Waals surface area contributed by atoms with Crippen LogP contribution in [0.25, 0.3) is 5.52 Å². The molecule has 0 aromatic carbocycles. The van der Waals surface area contributed by atoms with Gasteiger partial charge in [-0.2, -0.15) is 0 Å². The number of halogens is 1. The van der Waals surface area contributed by atoms with Crippen molar-refractivity contribution in [3.8, 4) is 0 Å². The molecule has 0 N–H and O–H groups in total. The second kappa shape index (κ2) is 1.99. The van der Waals surface area contributed by atoms with Crippen LogP contribution in [0.4, 0.5) is 0 Å². The predicted octanol–water partition coefficient (Wildman–Crippen LogP) is 1.99. The maximum atomic E-state index is 5.77. The van der Waals surface area contributed by atoms with Crippen LogP contribution in [0.2, 0.25) is 5.15 Å². The quantitative estimate of drug-likeness (QED) is 0.564. The van der Waals surface area contributed by atoms with Crippen LogP contribution >= 0.6 is 11.6 Å². The smallest absolute Gasteiger partial charge is 0.153 e. The largest absolute Gasteiger partial charge is 0.320 e. The van der Waals surface area contributed by atoms with Gasteiger partial charge in [0.2, 0.25) is 0 Å². The number of nitrogens with zero attached hydrogens (tertiary/aromatic N) is 2. The van der Waals surface area contributed by atoms with Crippen LogP contribution in [0.15, 0.2) is 30.7 Å². The van der Waals surface area contributed by atoms with Gasteiger partial charge in [0.25, 0.3) is 0 Å². The highest BCUT2D eigenvalue weighted by Crippen LogP contribution is 2.12. The molecule has 0 aliphatic rings. The Balaban J connectivity index is 2.95. The SMILES string of the molecule is Clc1nccn2cccc12. The maximum Gasteiger partial charge on any atom is 0.153 e. The molecule has 0 aliphatic heterocycles. The number of aromatic nitrogens is 2. The van der Waals surface area contributed by atoms with Crippen LogP contribution in [0, 0.1) is 0 Å². The van der Waals surface area contributed by atoms with E-state index in [1.54, 1.807) is 6.20 Å². The van der Waals surface area contributed by atoms with Crippen molar-refractivity contribution in [1.82, 2.24) is 9.38 Å². The maximum absolute atomic E-state index is 5.77. The van der Waals surface area contributed by atoms with Gasteiger partial charge in [0.1, 0.15) is 0 Å². The van der Waals surface area contributed by atoms with Gasteiger partial charge in [-0.25, -0.2) is 4.98 Å². The minimum Gasteiger partial charge on any atom is -0.320 e. The molecule has 3 heteroatoms. The lowest BCUT2D eigenvalue weighted by molar-refractivity contribution is 1.14. The molecule has 0 amide bonds. The van der Waals surface area contributed by atoms with Gasteiger partial charge in [-0.3, -0.25) is 0 Å². The van der Waals surface area contributed by atoms with Gasteiger partial charge < -0.3 is 4.40 Å². The van der Waals surface area contributed by atoms with Crippen molar-refractivity contribution < 1.29 is 0 Å². The molecule has 0 fully saturated rings. The fraction of sp³-hybridized carbons (Fsp3) is 0. The monoisotopic (exact) mass is 152 g/mol. The third-order valence-electron chi connectivity index (χ3n) is 1.41. The minimum absolute atomic E-state index is 0.549. The summed E-state index contributed by atoms with van der Waals surface area (Å²) in [5, 5.41) is 0.549. The molecule has 0 saturated heterocycles. The first kappa shape index (κ1) is 5.74. The molecule has 0 spiro atoms. The molecule has 0 unspecified atom stereocenters. The first-order chi connectivity index (χ1) is 4.88. The highest BCUT2D eigenvalue weighted by molar-refractivity contribution is 6.32. The molecule has 2 rings (SSSR count). The van der Waals surface area contributed by atoms with Crippen molar-refractivity contribution in [2.24, 2.45) is 0 Å². The Labute approximate surface area is 63.1 Å². The molecule has 10 heavy (non-hydrogen) atoms. The van der Waals surface area contributed by atoms with E-state index >= 15 is 0 Å². The van der Waals surface area contributed by atoms with Gasteiger partial charge in [0.05, 0.1) is 5.52 Å². The van der Waals surface area contributed by atoms with E-state index in [4.69, 9.17) is 11.6 Å². The molecular weight excluding hydrogens is 148 g/mol. The summed E-state index contributed by atoms with van der Waals surface area (Å²) < 4.78 is 1.93. The third-order valence-corrected chi connectivity index (χ3v) is 1.70. The molecule has 0 saturated carbocycles. The fourth-order valence-corrected chi connectivity index (χ4v) is 1.15. The van der Waals surface area contributed by atoms with E-state index in [9.17, 15) is 0 Å². The van der Waals surface area contributed by atoms with Gasteiger partial charge in [-0.05, 0) is 12.1 Å². The van der Waals surface area contributed by atoms with Gasteiger partial charge in [0.15, 0.2) is 5.15 Å². The highest BCUT2D eigenvalue weighted by atomic mass is 35.5. The molecule has 2 nitrogen and oxygen atoms in total. The normalized spacial score (nSPS) is 10.5. The van der Waals surface area contributed by atoms with Crippen molar-refractivity contribution in [3.63, 3.8) is 0 Å². The van der Waals surface area contributed by atoms with Gasteiger partial charge in [0, 0.05) is 18.6 Å². The number of rotatable bonds is 0. The highest BCUT2D eigenvalue weighted by Gasteiger charge is 1.95. The van der Waals surface area contributed by atoms with E-state index in [-0.39, 0.29) is 0 Å². The van der Waals surface area contributed by atoms with E-state index in [1.165, 1.54) is 0 Å². The van der Waals surface area contributed by atoms with E-state index in [1.807, 2.05) is 28.9 Å². The molecule has 2 aromatic rings. The van der Waals surface area contributed by atoms with Gasteiger partial charge in [-0.15, -0.1) is 0 Å². The van der Waals surface area contributed by atoms with Crippen LogP contribution < -0.4 is 0 Å². The molecule has 0 aliphatic carbocycles. The Kier molecular flexibility index (Phi) is 1.14. The Morgan fingerprint density at radius 1 is 1.40 bits per heavy atom. The van der Waals surface area contributed by atoms with Crippen LogP contribution in [0.5, 0.6) is 0 Å². The Hall–Kier alpha value is -1.02. The predicted molar refractivity (Wildman–Crippen MR) is 40.2 cm³/mol. The average molecular weight is 153 g/mol. The summed E-state index contributed by atoms with van der Waals surface area (Å²) in [7, 11) is 0. The fourth-order valence-electron chi connectivity index (χ4n) is 0.935. The summed E-state index contributed by atoms with van der Waals surface area (Å²) in [4.78, 5) is 3.92. The summed E-state index contributed by atoms with van der Waals surface area (Å²) in [6, 6.07) is 3.86. The lowest BCUT2D eigenvalue weighted by Crippen LogP contribution is -1.82. The summed E-state index contributed by atoms with van der Waals surface area (Å²) in [6.45, 7) is 0. The topological polar surface area (TPSA) is 17.3 Å². The average Bonchev–Trinajstić information content (AvgIpc) is 2.36. The molecular formula is C7H5ClN2. The number of hydrogen-bond donors (Lipinski definition) is 0. The number of fused-ring (bicyclic) bond motifs is 1. The molecule has 0 bridgehead atoms. The first-order valence-electron chi connectivity index (χ1n) is 2.95. The lowest BCUT2D eigenvalue weighted by Gasteiger charge is -1.92. The zero-order valence-electron chi connectivity index (χ0n) is 5.16. The molecule has 2 aromatic heterocycles. The first-order valence-corrected chi connectivity index (χ1v) is 3.33. The summed E-state index contributed by atoms with van der Waals surface area (Å²) in [6.07, 6.45) is 5.47. The Bertz CT molecular complexity index is 353. The summed E-state index contributed by atoms with van der Waals surface area (Å²) in [5.41, 5.74) is 0.948. The number of hydrogen-bond acceptors (Lipinski definition) is 1. The summed E-state index contributed by atoms with van der Waals surface area (Å²) in [5.74, 6) is 0. The molecule has 50 valence electrons. The Morgan fingerprint density at radius 3 is 3.10 bits per heavy atom. The Morgan fingerprint density at radius 2 is 2.30 bits per heavy atom. The van der Waals surface area contributed by atoms with E-state index < -0.39 is 0 Å². The van der Waals surface area contributed by atoms with E-state index in [2.05, 4.69) is 4.98 Å². The van der Waals surface area contributed by atoms with Gasteiger partial charge >= 0.3 is 0 Å². The van der Waals surface area contributed by atoms with Crippen LogP contribution in [0.1, 0.15) is 0 Å². The standard InChI is InChI=1S/C7H5ClN2/c8-7-6-2-1-4-10(6)5-3-9-7/h1-5H. The molecule has 0 radical (unpaired) electrons.